The van der Waals surface area contributed by atoms with Crippen LogP contribution in [-0.4, -0.2) is 23.1 Å². The Hall–Kier alpha value is -1.36. The first-order valence-corrected chi connectivity index (χ1v) is 5.15. The van der Waals surface area contributed by atoms with Crippen molar-refractivity contribution in [3.63, 3.8) is 0 Å². The first kappa shape index (κ1) is 10.2. The number of nitrogens with two attached hydrogens (primary N) is 1. The second kappa shape index (κ2) is 3.66. The van der Waals surface area contributed by atoms with Gasteiger partial charge in [0.2, 0.25) is 0 Å². The normalized spacial score (nSPS) is 17.5. The quantitative estimate of drug-likeness (QED) is 0.661. The summed E-state index contributed by atoms with van der Waals surface area (Å²) in [5.41, 5.74) is 5.79. The van der Waals surface area contributed by atoms with Crippen molar-refractivity contribution in [2.75, 3.05) is 18.4 Å². The van der Waals surface area contributed by atoms with Crippen LogP contribution in [0.2, 0.25) is 0 Å². The lowest BCUT2D eigenvalue weighted by atomic mass is 10.1. The summed E-state index contributed by atoms with van der Waals surface area (Å²) in [6.45, 7) is 3.27. The number of aromatic amines is 1. The van der Waals surface area contributed by atoms with Crippen molar-refractivity contribution in [3.8, 4) is 0 Å². The molecule has 0 aliphatic heterocycles. The number of nitrogens with zero attached hydrogens (tertiary/aromatic N) is 1. The molecular formula is C10H16N4O. The third kappa shape index (κ3) is 2.36. The van der Waals surface area contributed by atoms with Crippen LogP contribution < -0.4 is 16.6 Å². The SMILES string of the molecule is Cc1nc(NCC2(CN)CC2)cc(=O)[nH]1. The monoisotopic (exact) mass is 208 g/mol. The Kier molecular flexibility index (Phi) is 2.48. The van der Waals surface area contributed by atoms with E-state index in [-0.39, 0.29) is 11.0 Å². The maximum absolute atomic E-state index is 11.2. The smallest absolute Gasteiger partial charge is 0.252 e. The predicted octanol–water partition coefficient (Wildman–Crippen LogP) is 0.229. The molecule has 0 amide bonds. The summed E-state index contributed by atoms with van der Waals surface area (Å²) in [7, 11) is 0. The molecule has 1 heterocycles. The number of hydrogen-bond acceptors (Lipinski definition) is 4. The molecule has 82 valence electrons. The molecule has 0 unspecified atom stereocenters. The molecule has 2 rings (SSSR count). The van der Waals surface area contributed by atoms with Gasteiger partial charge in [-0.1, -0.05) is 0 Å². The Bertz CT molecular complexity index is 408. The molecule has 0 bridgehead atoms. The standard InChI is InChI=1S/C10H16N4O/c1-7-13-8(4-9(15)14-7)12-6-10(5-11)2-3-10/h4H,2-3,5-6,11H2,1H3,(H2,12,13,14,15). The number of anilines is 1. The summed E-state index contributed by atoms with van der Waals surface area (Å²) in [6, 6.07) is 1.47. The maximum atomic E-state index is 11.2. The molecule has 1 aromatic heterocycles. The molecule has 1 saturated carbocycles. The summed E-state index contributed by atoms with van der Waals surface area (Å²) in [4.78, 5) is 18.0. The van der Waals surface area contributed by atoms with Gasteiger partial charge in [0.05, 0.1) is 0 Å². The molecule has 15 heavy (non-hydrogen) atoms. The third-order valence-corrected chi connectivity index (χ3v) is 2.89. The van der Waals surface area contributed by atoms with Crippen molar-refractivity contribution in [2.45, 2.75) is 19.8 Å². The highest BCUT2D eigenvalue weighted by atomic mass is 16.1. The zero-order valence-corrected chi connectivity index (χ0v) is 8.84. The molecule has 1 aliphatic carbocycles. The summed E-state index contributed by atoms with van der Waals surface area (Å²) < 4.78 is 0. The second-order valence-electron chi connectivity index (χ2n) is 4.27. The van der Waals surface area contributed by atoms with E-state index in [0.29, 0.717) is 18.2 Å². The van der Waals surface area contributed by atoms with E-state index in [1.54, 1.807) is 6.92 Å². The molecule has 1 aromatic rings. The van der Waals surface area contributed by atoms with Crippen molar-refractivity contribution in [1.29, 1.82) is 0 Å². The zero-order valence-electron chi connectivity index (χ0n) is 8.84. The van der Waals surface area contributed by atoms with Crippen LogP contribution in [0.3, 0.4) is 0 Å². The van der Waals surface area contributed by atoms with Gasteiger partial charge in [0.15, 0.2) is 0 Å². The minimum Gasteiger partial charge on any atom is -0.369 e. The van der Waals surface area contributed by atoms with Crippen molar-refractivity contribution >= 4 is 5.82 Å². The summed E-state index contributed by atoms with van der Waals surface area (Å²) in [5.74, 6) is 1.26. The van der Waals surface area contributed by atoms with Gasteiger partial charge in [-0.25, -0.2) is 4.98 Å². The topological polar surface area (TPSA) is 83.8 Å². The van der Waals surface area contributed by atoms with Crippen LogP contribution in [-0.2, 0) is 0 Å². The van der Waals surface area contributed by atoms with E-state index in [4.69, 9.17) is 5.73 Å². The molecule has 1 aliphatic rings. The van der Waals surface area contributed by atoms with Gasteiger partial charge in [-0.05, 0) is 31.7 Å². The Labute approximate surface area is 88.1 Å². The zero-order chi connectivity index (χ0) is 10.9. The molecule has 0 atom stereocenters. The van der Waals surface area contributed by atoms with Gasteiger partial charge < -0.3 is 16.0 Å². The number of H-pyrrole nitrogens is 1. The lowest BCUT2D eigenvalue weighted by Gasteiger charge is -2.13. The van der Waals surface area contributed by atoms with Crippen LogP contribution >= 0.6 is 0 Å². The van der Waals surface area contributed by atoms with Crippen molar-refractivity contribution in [2.24, 2.45) is 11.1 Å². The molecule has 0 saturated heterocycles. The Morgan fingerprint density at radius 3 is 2.93 bits per heavy atom. The average Bonchev–Trinajstić information content (AvgIpc) is 2.94. The van der Waals surface area contributed by atoms with Gasteiger partial charge in [-0.3, -0.25) is 4.79 Å². The molecule has 5 heteroatoms. The van der Waals surface area contributed by atoms with Crippen molar-refractivity contribution in [1.82, 2.24) is 9.97 Å². The van der Waals surface area contributed by atoms with Crippen LogP contribution in [0.4, 0.5) is 5.82 Å². The Morgan fingerprint density at radius 1 is 1.67 bits per heavy atom. The fourth-order valence-electron chi connectivity index (χ4n) is 1.58. The van der Waals surface area contributed by atoms with Crippen LogP contribution in [0.1, 0.15) is 18.7 Å². The summed E-state index contributed by atoms with van der Waals surface area (Å²) in [5, 5.41) is 3.17. The number of hydrogen-bond donors (Lipinski definition) is 3. The molecule has 1 fully saturated rings. The molecule has 0 spiro atoms. The molecule has 0 aromatic carbocycles. The largest absolute Gasteiger partial charge is 0.369 e. The van der Waals surface area contributed by atoms with E-state index in [1.165, 1.54) is 18.9 Å². The first-order chi connectivity index (χ1) is 7.13. The average molecular weight is 208 g/mol. The summed E-state index contributed by atoms with van der Waals surface area (Å²) >= 11 is 0. The third-order valence-electron chi connectivity index (χ3n) is 2.89. The van der Waals surface area contributed by atoms with E-state index in [1.807, 2.05) is 0 Å². The van der Waals surface area contributed by atoms with Crippen LogP contribution in [0, 0.1) is 12.3 Å². The van der Waals surface area contributed by atoms with Gasteiger partial charge in [-0.2, -0.15) is 0 Å². The number of nitrogens with one attached hydrogen (secondary N) is 2. The van der Waals surface area contributed by atoms with Gasteiger partial charge in [0.1, 0.15) is 11.6 Å². The van der Waals surface area contributed by atoms with E-state index in [2.05, 4.69) is 15.3 Å². The second-order valence-corrected chi connectivity index (χ2v) is 4.27. The summed E-state index contributed by atoms with van der Waals surface area (Å²) in [6.07, 6.45) is 2.33. The molecule has 0 radical (unpaired) electrons. The fourth-order valence-corrected chi connectivity index (χ4v) is 1.58. The number of aryl methyl sites for hydroxylation is 1. The highest BCUT2D eigenvalue weighted by Crippen LogP contribution is 2.44. The van der Waals surface area contributed by atoms with Crippen LogP contribution in [0.15, 0.2) is 10.9 Å². The van der Waals surface area contributed by atoms with Crippen LogP contribution in [0.25, 0.3) is 0 Å². The minimum absolute atomic E-state index is 0.123. The van der Waals surface area contributed by atoms with E-state index < -0.39 is 0 Å². The first-order valence-electron chi connectivity index (χ1n) is 5.15. The van der Waals surface area contributed by atoms with Gasteiger partial charge in [-0.15, -0.1) is 0 Å². The van der Waals surface area contributed by atoms with Gasteiger partial charge in [0, 0.05) is 12.6 Å². The maximum Gasteiger partial charge on any atom is 0.252 e. The number of rotatable bonds is 4. The predicted molar refractivity (Wildman–Crippen MR) is 58.8 cm³/mol. The van der Waals surface area contributed by atoms with E-state index >= 15 is 0 Å². The van der Waals surface area contributed by atoms with Gasteiger partial charge >= 0.3 is 0 Å². The van der Waals surface area contributed by atoms with E-state index in [9.17, 15) is 4.79 Å². The van der Waals surface area contributed by atoms with E-state index in [0.717, 1.165) is 6.54 Å². The fraction of sp³-hybridized carbons (Fsp3) is 0.600. The lowest BCUT2D eigenvalue weighted by Crippen LogP contribution is -2.25. The Morgan fingerprint density at radius 2 is 2.40 bits per heavy atom. The molecule has 5 nitrogen and oxygen atoms in total. The lowest BCUT2D eigenvalue weighted by molar-refractivity contribution is 0.554. The highest BCUT2D eigenvalue weighted by molar-refractivity contribution is 5.33. The van der Waals surface area contributed by atoms with Crippen molar-refractivity contribution < 1.29 is 0 Å². The van der Waals surface area contributed by atoms with Crippen LogP contribution in [0.5, 0.6) is 0 Å². The molecule has 4 N–H and O–H groups in total. The molecular weight excluding hydrogens is 192 g/mol. The van der Waals surface area contributed by atoms with Gasteiger partial charge in [0.25, 0.3) is 5.56 Å². The number of aromatic nitrogens is 2. The minimum atomic E-state index is -0.123. The Balaban J connectivity index is 2.02. The highest BCUT2D eigenvalue weighted by Gasteiger charge is 2.40. The van der Waals surface area contributed by atoms with Crippen molar-refractivity contribution in [3.05, 3.63) is 22.2 Å².